The summed E-state index contributed by atoms with van der Waals surface area (Å²) in [5.41, 5.74) is 5.93. The van der Waals surface area contributed by atoms with Crippen LogP contribution in [0.5, 0.6) is 0 Å². The van der Waals surface area contributed by atoms with Crippen LogP contribution in [0.2, 0.25) is 0 Å². The van der Waals surface area contributed by atoms with Gasteiger partial charge < -0.3 is 31.9 Å². The third kappa shape index (κ3) is 9.63. The Balaban J connectivity index is 5.53. The fourth-order valence-corrected chi connectivity index (χ4v) is 2.86. The largest absolute Gasteiger partial charge is 0.481 e. The molecule has 0 saturated carbocycles. The molecule has 0 radical (unpaired) electrons. The number of carboxylic acid groups (broad SMARTS) is 2. The Bertz CT molecular complexity index is 681. The average Bonchev–Trinajstić information content (AvgIpc) is 2.70. The van der Waals surface area contributed by atoms with E-state index < -0.39 is 66.2 Å². The van der Waals surface area contributed by atoms with Crippen LogP contribution >= 0.6 is 0 Å². The molecule has 0 saturated heterocycles. The molecule has 184 valence electrons. The predicted molar refractivity (Wildman–Crippen MR) is 117 cm³/mol. The highest BCUT2D eigenvalue weighted by molar-refractivity contribution is 5.94. The molecule has 0 fully saturated rings. The number of carboxylic acids is 2. The number of hydrogen-bond donors (Lipinski definition) is 6. The van der Waals surface area contributed by atoms with Crippen molar-refractivity contribution in [1.82, 2.24) is 16.0 Å². The molecule has 0 aromatic rings. The normalized spacial score (nSPS) is 15.9. The lowest BCUT2D eigenvalue weighted by atomic mass is 9.97. The molecule has 7 N–H and O–H groups in total. The summed E-state index contributed by atoms with van der Waals surface area (Å²) in [5, 5.41) is 25.7. The molecule has 0 aromatic carbocycles. The van der Waals surface area contributed by atoms with Gasteiger partial charge in [-0.2, -0.15) is 0 Å². The van der Waals surface area contributed by atoms with E-state index in [1.807, 2.05) is 13.8 Å². The smallest absolute Gasteiger partial charge is 0.326 e. The first-order chi connectivity index (χ1) is 14.7. The molecular formula is C21H38N4O7. The Morgan fingerprint density at radius 3 is 1.69 bits per heavy atom. The second-order valence-corrected chi connectivity index (χ2v) is 8.70. The lowest BCUT2D eigenvalue weighted by molar-refractivity contribution is -0.144. The van der Waals surface area contributed by atoms with Gasteiger partial charge in [-0.05, 0) is 24.2 Å². The standard InChI is InChI=1S/C21H38N4O7/c1-7-12(6)15(22)19(29)24-16(10(2)3)20(30)23-13(8-9-14(26)27)18(28)25-17(11(4)5)21(31)32/h10-13,15-17H,7-9,22H2,1-6H3,(H,23,30)(H,24,29)(H,25,28)(H,26,27)(H,31,32). The molecule has 11 nitrogen and oxygen atoms in total. The van der Waals surface area contributed by atoms with E-state index >= 15 is 0 Å². The van der Waals surface area contributed by atoms with Crippen molar-refractivity contribution in [2.24, 2.45) is 23.5 Å². The van der Waals surface area contributed by atoms with Gasteiger partial charge in [0.1, 0.15) is 18.1 Å². The summed E-state index contributed by atoms with van der Waals surface area (Å²) in [6.07, 6.45) is 0.00300. The van der Waals surface area contributed by atoms with Crippen LogP contribution in [-0.2, 0) is 24.0 Å². The summed E-state index contributed by atoms with van der Waals surface area (Å²) in [5.74, 6) is -5.33. The van der Waals surface area contributed by atoms with E-state index in [2.05, 4.69) is 16.0 Å². The Morgan fingerprint density at radius 1 is 0.781 bits per heavy atom. The Hall–Kier alpha value is -2.69. The molecule has 0 rings (SSSR count). The van der Waals surface area contributed by atoms with Crippen LogP contribution in [0.25, 0.3) is 0 Å². The summed E-state index contributed by atoms with van der Waals surface area (Å²) < 4.78 is 0. The SMILES string of the molecule is CCC(C)C(N)C(=O)NC(C(=O)NC(CCC(=O)O)C(=O)NC(C(=O)O)C(C)C)C(C)C. The van der Waals surface area contributed by atoms with Crippen molar-refractivity contribution in [3.8, 4) is 0 Å². The number of amides is 3. The molecule has 5 atom stereocenters. The number of nitrogens with two attached hydrogens (primary N) is 1. The Labute approximate surface area is 188 Å². The van der Waals surface area contributed by atoms with E-state index in [-0.39, 0.29) is 18.3 Å². The predicted octanol–water partition coefficient (Wildman–Crippen LogP) is 0.0756. The van der Waals surface area contributed by atoms with Crippen LogP contribution in [0, 0.1) is 17.8 Å². The molecule has 0 aliphatic carbocycles. The highest BCUT2D eigenvalue weighted by Crippen LogP contribution is 2.10. The molecular weight excluding hydrogens is 420 g/mol. The molecule has 0 aromatic heterocycles. The number of carbonyl (C=O) groups excluding carboxylic acids is 3. The molecule has 0 heterocycles. The van der Waals surface area contributed by atoms with Gasteiger partial charge in [-0.3, -0.25) is 19.2 Å². The fraction of sp³-hybridized carbons (Fsp3) is 0.762. The zero-order chi connectivity index (χ0) is 25.2. The van der Waals surface area contributed by atoms with Crippen molar-refractivity contribution in [3.63, 3.8) is 0 Å². The maximum absolute atomic E-state index is 12.9. The molecule has 5 unspecified atom stereocenters. The maximum Gasteiger partial charge on any atom is 0.326 e. The van der Waals surface area contributed by atoms with Gasteiger partial charge in [0.05, 0.1) is 6.04 Å². The Morgan fingerprint density at radius 2 is 1.28 bits per heavy atom. The minimum absolute atomic E-state index is 0.107. The van der Waals surface area contributed by atoms with Crippen molar-refractivity contribution in [3.05, 3.63) is 0 Å². The van der Waals surface area contributed by atoms with E-state index in [0.29, 0.717) is 6.42 Å². The van der Waals surface area contributed by atoms with E-state index in [1.165, 1.54) is 0 Å². The van der Waals surface area contributed by atoms with Gasteiger partial charge in [-0.15, -0.1) is 0 Å². The number of nitrogens with one attached hydrogen (secondary N) is 3. The highest BCUT2D eigenvalue weighted by Gasteiger charge is 2.33. The second kappa shape index (κ2) is 13.7. The molecule has 0 aliphatic heterocycles. The summed E-state index contributed by atoms with van der Waals surface area (Å²) in [4.78, 5) is 60.4. The Kier molecular flexibility index (Phi) is 12.5. The van der Waals surface area contributed by atoms with Crippen LogP contribution in [0.3, 0.4) is 0 Å². The third-order valence-electron chi connectivity index (χ3n) is 5.32. The third-order valence-corrected chi connectivity index (χ3v) is 5.32. The van der Waals surface area contributed by atoms with Gasteiger partial charge in [0.15, 0.2) is 0 Å². The minimum Gasteiger partial charge on any atom is -0.481 e. The molecule has 11 heteroatoms. The van der Waals surface area contributed by atoms with E-state index in [1.54, 1.807) is 27.7 Å². The summed E-state index contributed by atoms with van der Waals surface area (Å²) >= 11 is 0. The lowest BCUT2D eigenvalue weighted by Gasteiger charge is -2.28. The first kappa shape index (κ1) is 29.3. The van der Waals surface area contributed by atoms with Crippen LogP contribution < -0.4 is 21.7 Å². The van der Waals surface area contributed by atoms with Crippen molar-refractivity contribution in [2.45, 2.75) is 85.0 Å². The van der Waals surface area contributed by atoms with Crippen molar-refractivity contribution in [1.29, 1.82) is 0 Å². The fourth-order valence-electron chi connectivity index (χ4n) is 2.86. The van der Waals surface area contributed by atoms with Gasteiger partial charge in [-0.25, -0.2) is 4.79 Å². The number of rotatable bonds is 14. The summed E-state index contributed by atoms with van der Waals surface area (Å²) in [7, 11) is 0. The quantitative estimate of drug-likeness (QED) is 0.211. The number of hydrogen-bond acceptors (Lipinski definition) is 6. The maximum atomic E-state index is 12.9. The van der Waals surface area contributed by atoms with Gasteiger partial charge in [0.2, 0.25) is 17.7 Å². The molecule has 3 amide bonds. The first-order valence-corrected chi connectivity index (χ1v) is 10.8. The summed E-state index contributed by atoms with van der Waals surface area (Å²) in [6, 6.07) is -4.33. The van der Waals surface area contributed by atoms with Crippen molar-refractivity contribution in [2.75, 3.05) is 0 Å². The molecule has 0 aliphatic rings. The monoisotopic (exact) mass is 458 g/mol. The first-order valence-electron chi connectivity index (χ1n) is 10.8. The zero-order valence-electron chi connectivity index (χ0n) is 19.7. The topological polar surface area (TPSA) is 188 Å². The average molecular weight is 459 g/mol. The second-order valence-electron chi connectivity index (χ2n) is 8.70. The van der Waals surface area contributed by atoms with Crippen LogP contribution in [0.15, 0.2) is 0 Å². The number of carbonyl (C=O) groups is 5. The summed E-state index contributed by atoms with van der Waals surface area (Å²) in [6.45, 7) is 10.3. The van der Waals surface area contributed by atoms with Crippen LogP contribution in [0.1, 0.15) is 60.8 Å². The van der Waals surface area contributed by atoms with Gasteiger partial charge in [0.25, 0.3) is 0 Å². The molecule has 0 bridgehead atoms. The van der Waals surface area contributed by atoms with Crippen molar-refractivity contribution < 1.29 is 34.2 Å². The van der Waals surface area contributed by atoms with Crippen LogP contribution in [-0.4, -0.2) is 64.0 Å². The molecule has 0 spiro atoms. The zero-order valence-corrected chi connectivity index (χ0v) is 19.7. The van der Waals surface area contributed by atoms with E-state index in [9.17, 15) is 29.1 Å². The minimum atomic E-state index is -1.29. The van der Waals surface area contributed by atoms with E-state index in [0.717, 1.165) is 0 Å². The van der Waals surface area contributed by atoms with E-state index in [4.69, 9.17) is 10.8 Å². The highest BCUT2D eigenvalue weighted by atomic mass is 16.4. The van der Waals surface area contributed by atoms with Gasteiger partial charge in [-0.1, -0.05) is 48.0 Å². The van der Waals surface area contributed by atoms with Gasteiger partial charge in [0, 0.05) is 6.42 Å². The number of aliphatic carboxylic acids is 2. The van der Waals surface area contributed by atoms with Gasteiger partial charge >= 0.3 is 11.9 Å². The molecule has 32 heavy (non-hydrogen) atoms. The van der Waals surface area contributed by atoms with Crippen molar-refractivity contribution >= 4 is 29.7 Å². The lowest BCUT2D eigenvalue weighted by Crippen LogP contribution is -2.59. The van der Waals surface area contributed by atoms with Crippen LogP contribution in [0.4, 0.5) is 0 Å².